The predicted octanol–water partition coefficient (Wildman–Crippen LogP) is 4.51. The number of aliphatic carboxylic acids is 1. The molecule has 0 bridgehead atoms. The lowest BCUT2D eigenvalue weighted by Gasteiger charge is -2.43. The molecule has 0 unspecified atom stereocenters. The van der Waals surface area contributed by atoms with Gasteiger partial charge in [-0.2, -0.15) is 0 Å². The fourth-order valence-electron chi connectivity index (χ4n) is 5.08. The van der Waals surface area contributed by atoms with Gasteiger partial charge in [-0.05, 0) is 82.2 Å². The summed E-state index contributed by atoms with van der Waals surface area (Å²) in [6.07, 6.45) is 10.8. The first-order valence-electron chi connectivity index (χ1n) is 12.5. The molecule has 1 atom stereocenters. The largest absolute Gasteiger partial charge is 0.481 e. The van der Waals surface area contributed by atoms with Gasteiger partial charge < -0.3 is 5.11 Å². The highest BCUT2D eigenvalue weighted by molar-refractivity contribution is 5.70. The number of carboxylic acid groups (broad SMARTS) is 1. The van der Waals surface area contributed by atoms with Crippen molar-refractivity contribution in [3.05, 3.63) is 53.4 Å². The number of pyridine rings is 1. The summed E-state index contributed by atoms with van der Waals surface area (Å²) in [7, 11) is 0. The second-order valence-corrected chi connectivity index (χ2v) is 9.76. The maximum absolute atomic E-state index is 13.6. The van der Waals surface area contributed by atoms with Crippen molar-refractivity contribution in [2.24, 2.45) is 5.92 Å². The van der Waals surface area contributed by atoms with Gasteiger partial charge >= 0.3 is 5.97 Å². The monoisotopic (exact) mass is 472 g/mol. The standard InChI is InChI=1S/C26H34F2N4O2/c27-26(28)16-23(17-26)32(14-11-20(25(33)34)15-22-10-12-29-18-30-22)13-4-3-6-21-9-8-19-5-1-2-7-24(19)31-21/h8-10,12,18,20,23H,1-7,11,13-17H2,(H,33,34)/t20-/m1/s1. The summed E-state index contributed by atoms with van der Waals surface area (Å²) in [5, 5.41) is 9.68. The molecule has 0 saturated heterocycles. The van der Waals surface area contributed by atoms with E-state index in [9.17, 15) is 18.7 Å². The number of aromatic nitrogens is 3. The lowest BCUT2D eigenvalue weighted by molar-refractivity contribution is -0.143. The molecule has 0 amide bonds. The number of carbonyl (C=O) groups is 1. The van der Waals surface area contributed by atoms with E-state index in [2.05, 4.69) is 27.0 Å². The Kier molecular flexibility index (Phi) is 8.19. The minimum absolute atomic E-state index is 0.136. The third-order valence-corrected chi connectivity index (χ3v) is 7.16. The van der Waals surface area contributed by atoms with Crippen LogP contribution in [0.3, 0.4) is 0 Å². The minimum atomic E-state index is -2.59. The normalized spacial score (nSPS) is 18.3. The van der Waals surface area contributed by atoms with Crippen LogP contribution in [0.5, 0.6) is 0 Å². The van der Waals surface area contributed by atoms with Crippen LogP contribution in [0.25, 0.3) is 0 Å². The fourth-order valence-corrected chi connectivity index (χ4v) is 5.08. The minimum Gasteiger partial charge on any atom is -0.481 e. The van der Waals surface area contributed by atoms with Gasteiger partial charge in [-0.25, -0.2) is 18.7 Å². The zero-order chi connectivity index (χ0) is 24.0. The van der Waals surface area contributed by atoms with E-state index in [1.807, 2.05) is 0 Å². The molecule has 184 valence electrons. The van der Waals surface area contributed by atoms with E-state index < -0.39 is 17.8 Å². The van der Waals surface area contributed by atoms with Gasteiger partial charge in [0.1, 0.15) is 6.33 Å². The Balaban J connectivity index is 1.28. The topological polar surface area (TPSA) is 79.2 Å². The highest BCUT2D eigenvalue weighted by Crippen LogP contribution is 2.40. The van der Waals surface area contributed by atoms with E-state index in [-0.39, 0.29) is 18.9 Å². The van der Waals surface area contributed by atoms with Crippen molar-refractivity contribution in [1.82, 2.24) is 19.9 Å². The summed E-state index contributed by atoms with van der Waals surface area (Å²) in [4.78, 5) is 26.7. The van der Waals surface area contributed by atoms with E-state index in [4.69, 9.17) is 4.98 Å². The number of hydrogen-bond acceptors (Lipinski definition) is 5. The van der Waals surface area contributed by atoms with Crippen molar-refractivity contribution < 1.29 is 18.7 Å². The van der Waals surface area contributed by atoms with Gasteiger partial charge in [0.25, 0.3) is 5.92 Å². The summed E-state index contributed by atoms with van der Waals surface area (Å²) in [6.45, 7) is 1.20. The van der Waals surface area contributed by atoms with Gasteiger partial charge in [0.2, 0.25) is 0 Å². The number of unbranched alkanes of at least 4 members (excludes halogenated alkanes) is 1. The van der Waals surface area contributed by atoms with Gasteiger partial charge in [0.05, 0.1) is 5.92 Å². The van der Waals surface area contributed by atoms with E-state index in [1.165, 1.54) is 30.4 Å². The molecule has 1 N–H and O–H groups in total. The quantitative estimate of drug-likeness (QED) is 0.458. The molecule has 0 aromatic carbocycles. The average molecular weight is 473 g/mol. The Hall–Kier alpha value is -2.48. The highest BCUT2D eigenvalue weighted by Gasteiger charge is 2.47. The summed E-state index contributed by atoms with van der Waals surface area (Å²) in [6, 6.07) is 5.88. The number of alkyl halides is 2. The molecular weight excluding hydrogens is 438 g/mol. The Morgan fingerprint density at radius 2 is 1.94 bits per heavy atom. The van der Waals surface area contributed by atoms with E-state index in [0.717, 1.165) is 37.8 Å². The first kappa shape index (κ1) is 24.6. The SMILES string of the molecule is O=C(O)[C@H](CCN(CCCCc1ccc2c(n1)CCCC2)C1CC(F)(F)C1)Cc1ccncn1. The van der Waals surface area contributed by atoms with Gasteiger partial charge in [0, 0.05) is 48.6 Å². The van der Waals surface area contributed by atoms with Gasteiger partial charge in [-0.1, -0.05) is 6.07 Å². The van der Waals surface area contributed by atoms with Gasteiger partial charge in [-0.15, -0.1) is 0 Å². The number of fused-ring (bicyclic) bond motifs is 1. The zero-order valence-corrected chi connectivity index (χ0v) is 19.6. The number of carboxylic acids is 1. The first-order chi connectivity index (χ1) is 16.4. The van der Waals surface area contributed by atoms with E-state index in [1.54, 1.807) is 12.3 Å². The number of nitrogens with zero attached hydrogens (tertiary/aromatic N) is 4. The predicted molar refractivity (Wildman–Crippen MR) is 125 cm³/mol. The molecule has 1 fully saturated rings. The number of aryl methyl sites for hydroxylation is 3. The molecule has 2 aliphatic carbocycles. The molecule has 2 aromatic heterocycles. The van der Waals surface area contributed by atoms with Gasteiger partial charge in [-0.3, -0.25) is 14.7 Å². The first-order valence-corrected chi connectivity index (χ1v) is 12.5. The molecular formula is C26H34F2N4O2. The second-order valence-electron chi connectivity index (χ2n) is 9.76. The summed E-state index contributed by atoms with van der Waals surface area (Å²) >= 11 is 0. The fraction of sp³-hybridized carbons (Fsp3) is 0.615. The van der Waals surface area contributed by atoms with Gasteiger partial charge in [0.15, 0.2) is 0 Å². The van der Waals surface area contributed by atoms with Crippen LogP contribution in [0.1, 0.15) is 67.6 Å². The van der Waals surface area contributed by atoms with Crippen LogP contribution in [0.2, 0.25) is 0 Å². The van der Waals surface area contributed by atoms with Crippen molar-refractivity contribution in [2.45, 2.75) is 82.6 Å². The smallest absolute Gasteiger partial charge is 0.306 e. The van der Waals surface area contributed by atoms with E-state index >= 15 is 0 Å². The second kappa shape index (κ2) is 11.3. The number of hydrogen-bond donors (Lipinski definition) is 1. The lowest BCUT2D eigenvalue weighted by Crippen LogP contribution is -2.51. The van der Waals surface area contributed by atoms with Crippen molar-refractivity contribution in [3.8, 4) is 0 Å². The highest BCUT2D eigenvalue weighted by atomic mass is 19.3. The zero-order valence-electron chi connectivity index (χ0n) is 19.6. The molecule has 34 heavy (non-hydrogen) atoms. The number of rotatable bonds is 12. The Morgan fingerprint density at radius 3 is 2.68 bits per heavy atom. The average Bonchev–Trinajstić information content (AvgIpc) is 2.81. The molecule has 2 heterocycles. The Morgan fingerprint density at radius 1 is 1.12 bits per heavy atom. The van der Waals surface area contributed by atoms with Crippen molar-refractivity contribution in [1.29, 1.82) is 0 Å². The van der Waals surface area contributed by atoms with Crippen LogP contribution in [0, 0.1) is 5.92 Å². The summed E-state index contributed by atoms with van der Waals surface area (Å²) < 4.78 is 27.1. The molecule has 6 nitrogen and oxygen atoms in total. The van der Waals surface area contributed by atoms with Crippen LogP contribution in [-0.4, -0.2) is 56.0 Å². The molecule has 2 aliphatic rings. The molecule has 4 rings (SSSR count). The summed E-state index contributed by atoms with van der Waals surface area (Å²) in [5.41, 5.74) is 4.41. The molecule has 2 aromatic rings. The van der Waals surface area contributed by atoms with Crippen molar-refractivity contribution in [3.63, 3.8) is 0 Å². The summed E-state index contributed by atoms with van der Waals surface area (Å²) in [5.74, 6) is -4.07. The lowest BCUT2D eigenvalue weighted by atomic mass is 9.86. The molecule has 0 radical (unpaired) electrons. The molecule has 1 saturated carbocycles. The number of halogens is 2. The van der Waals surface area contributed by atoms with Crippen LogP contribution in [-0.2, 0) is 30.5 Å². The van der Waals surface area contributed by atoms with Crippen molar-refractivity contribution >= 4 is 5.97 Å². The Labute approximate surface area is 199 Å². The van der Waals surface area contributed by atoms with Crippen LogP contribution in [0.4, 0.5) is 8.78 Å². The van der Waals surface area contributed by atoms with Crippen LogP contribution < -0.4 is 0 Å². The third-order valence-electron chi connectivity index (χ3n) is 7.16. The maximum Gasteiger partial charge on any atom is 0.306 e. The molecule has 0 spiro atoms. The Bertz CT molecular complexity index is 949. The van der Waals surface area contributed by atoms with Crippen LogP contribution in [0.15, 0.2) is 30.7 Å². The van der Waals surface area contributed by atoms with Crippen LogP contribution >= 0.6 is 0 Å². The van der Waals surface area contributed by atoms with Crippen molar-refractivity contribution in [2.75, 3.05) is 13.1 Å². The maximum atomic E-state index is 13.6. The molecule has 8 heteroatoms. The third kappa shape index (κ3) is 6.78. The van der Waals surface area contributed by atoms with E-state index in [0.29, 0.717) is 31.6 Å². The molecule has 0 aliphatic heterocycles.